The molecular formula is C74H66N6. The highest BCUT2D eigenvalue weighted by molar-refractivity contribution is 6.05. The largest absolute Gasteiger partial charge is 0.311 e. The summed E-state index contributed by atoms with van der Waals surface area (Å²) < 4.78 is 0. The minimum absolute atomic E-state index is 0.270. The monoisotopic (exact) mass is 1040 g/mol. The number of anilines is 11. The van der Waals surface area contributed by atoms with Gasteiger partial charge >= 0.3 is 0 Å². The molecule has 0 spiro atoms. The van der Waals surface area contributed by atoms with Crippen molar-refractivity contribution in [2.45, 2.75) is 85.0 Å². The van der Waals surface area contributed by atoms with Gasteiger partial charge in [-0.1, -0.05) is 202 Å². The van der Waals surface area contributed by atoms with Crippen molar-refractivity contribution in [1.82, 2.24) is 0 Å². The van der Waals surface area contributed by atoms with Gasteiger partial charge < -0.3 is 19.6 Å². The fourth-order valence-electron chi connectivity index (χ4n) is 13.2. The highest BCUT2D eigenvalue weighted by atomic mass is 15.2. The molecule has 3 aliphatic rings. The molecule has 0 aliphatic carbocycles. The highest BCUT2D eigenvalue weighted by Gasteiger charge is 2.43. The summed E-state index contributed by atoms with van der Waals surface area (Å²) >= 11 is 0. The molecular weight excluding hydrogens is 973 g/mol. The van der Waals surface area contributed by atoms with Gasteiger partial charge in [0.15, 0.2) is 0 Å². The molecule has 0 aromatic heterocycles. The number of aryl methyl sites for hydroxylation is 1. The Labute approximate surface area is 473 Å². The van der Waals surface area contributed by atoms with Gasteiger partial charge in [-0.2, -0.15) is 10.5 Å². The van der Waals surface area contributed by atoms with E-state index in [0.717, 1.165) is 102 Å². The molecule has 6 heteroatoms. The van der Waals surface area contributed by atoms with Crippen LogP contribution in [-0.4, -0.2) is 0 Å². The first-order chi connectivity index (χ1) is 38.6. The van der Waals surface area contributed by atoms with E-state index >= 15 is 0 Å². The van der Waals surface area contributed by atoms with Crippen LogP contribution in [0.1, 0.15) is 112 Å². The normalized spacial score (nSPS) is 14.9. The highest BCUT2D eigenvalue weighted by Crippen LogP contribution is 2.61. The zero-order valence-electron chi connectivity index (χ0n) is 47.3. The molecule has 0 radical (unpaired) electrons. The van der Waals surface area contributed by atoms with Gasteiger partial charge in [-0.3, -0.25) is 0 Å². The number of rotatable bonds is 10. The second-order valence-corrected chi connectivity index (χ2v) is 23.4. The Hall–Kier alpha value is -9.36. The molecule has 0 atom stereocenters. The van der Waals surface area contributed by atoms with E-state index in [4.69, 9.17) is 6.58 Å². The molecule has 3 heterocycles. The topological polar surface area (TPSA) is 60.5 Å². The summed E-state index contributed by atoms with van der Waals surface area (Å²) in [4.78, 5) is 9.26. The molecule has 0 fully saturated rings. The number of allylic oxidation sites excluding steroid dienone is 2. The molecule has 9 aromatic rings. The lowest BCUT2D eigenvalue weighted by Crippen LogP contribution is -2.32. The number of fused-ring (bicyclic) bond motifs is 6. The average molecular weight is 1040 g/mol. The Morgan fingerprint density at radius 1 is 0.475 bits per heavy atom. The summed E-state index contributed by atoms with van der Waals surface area (Å²) in [5, 5.41) is 24.5. The van der Waals surface area contributed by atoms with E-state index in [9.17, 15) is 10.5 Å². The predicted octanol–water partition coefficient (Wildman–Crippen LogP) is 19.9. The SMILES string of the molecule is C=C(/C=C\C(C)C)N(c1cc(C#N)c(-c2c(C#N)cc(N3c4ccccc4C(C)(C)c4ccccc43)cc2N2c3ccccc3C(C)(C)c3ccccc32)c(N2c3ccccc3C(C)(C)c3ccccc32)c1)c1ccccc1CC. The van der Waals surface area contributed by atoms with Crippen molar-refractivity contribution in [3.8, 4) is 23.3 Å². The van der Waals surface area contributed by atoms with E-state index in [1.807, 2.05) is 6.07 Å². The van der Waals surface area contributed by atoms with Crippen molar-refractivity contribution >= 4 is 62.6 Å². The van der Waals surface area contributed by atoms with Crippen LogP contribution < -0.4 is 19.6 Å². The van der Waals surface area contributed by atoms with Crippen molar-refractivity contribution in [2.24, 2.45) is 5.92 Å². The molecule has 0 N–H and O–H groups in total. The second-order valence-electron chi connectivity index (χ2n) is 23.4. The smallest absolute Gasteiger partial charge is 0.0999 e. The van der Waals surface area contributed by atoms with Crippen LogP contribution in [0.5, 0.6) is 0 Å². The maximum Gasteiger partial charge on any atom is 0.0999 e. The lowest BCUT2D eigenvalue weighted by atomic mass is 9.73. The molecule has 392 valence electrons. The zero-order chi connectivity index (χ0) is 55.8. The van der Waals surface area contributed by atoms with Crippen LogP contribution in [-0.2, 0) is 22.7 Å². The Balaban J connectivity index is 1.26. The lowest BCUT2D eigenvalue weighted by Gasteiger charge is -2.45. The van der Waals surface area contributed by atoms with Crippen LogP contribution in [0.4, 0.5) is 62.6 Å². The predicted molar refractivity (Wildman–Crippen MR) is 333 cm³/mol. The van der Waals surface area contributed by atoms with Crippen molar-refractivity contribution in [2.75, 3.05) is 19.6 Å². The first-order valence-electron chi connectivity index (χ1n) is 28.0. The standard InChI is InChI=1S/C74H66N6/c1-11-50-26-12-19-33-61(50)77(49(4)41-40-48(2)3)53-42-51(46-75)70(68(44-53)79-64-36-22-15-29-57(64)73(7,8)58-30-16-23-37-65(58)79)71-52(47-76)43-54(78-62-34-20-13-27-55(62)72(5,6)56-28-14-21-35-63(56)78)45-69(71)80-66-38-24-17-31-59(66)74(9,10)60-32-18-25-39-67(60)80/h12-45,48H,4,11H2,1-3,5-10H3/b41-40-. The fraction of sp³-hybridized carbons (Fsp3) is 0.189. The summed E-state index contributed by atoms with van der Waals surface area (Å²) in [7, 11) is 0. The lowest BCUT2D eigenvalue weighted by molar-refractivity contribution is 0.631. The Kier molecular flexibility index (Phi) is 12.5. The first kappa shape index (κ1) is 51.4. The van der Waals surface area contributed by atoms with Gasteiger partial charge in [0.25, 0.3) is 0 Å². The van der Waals surface area contributed by atoms with Gasteiger partial charge in [-0.25, -0.2) is 0 Å². The van der Waals surface area contributed by atoms with Gasteiger partial charge in [0.05, 0.1) is 68.8 Å². The molecule has 6 nitrogen and oxygen atoms in total. The van der Waals surface area contributed by atoms with Gasteiger partial charge in [-0.05, 0) is 124 Å². The van der Waals surface area contributed by atoms with Gasteiger partial charge in [-0.15, -0.1) is 0 Å². The molecule has 0 bridgehead atoms. The van der Waals surface area contributed by atoms with Crippen LogP contribution >= 0.6 is 0 Å². The Morgan fingerprint density at radius 2 is 0.825 bits per heavy atom. The van der Waals surface area contributed by atoms with Crippen LogP contribution in [0.3, 0.4) is 0 Å². The zero-order valence-corrected chi connectivity index (χ0v) is 47.3. The second kappa shape index (κ2) is 19.5. The van der Waals surface area contributed by atoms with Crippen LogP contribution in [0.25, 0.3) is 11.1 Å². The van der Waals surface area contributed by atoms with Crippen molar-refractivity contribution < 1.29 is 0 Å². The number of hydrogen-bond acceptors (Lipinski definition) is 6. The van der Waals surface area contributed by atoms with Crippen LogP contribution in [0, 0.1) is 28.6 Å². The Bertz CT molecular complexity index is 3950. The summed E-state index contributed by atoms with van der Waals surface area (Å²) in [5.41, 5.74) is 20.2. The molecule has 80 heavy (non-hydrogen) atoms. The van der Waals surface area contributed by atoms with Crippen LogP contribution in [0.15, 0.2) is 219 Å². The van der Waals surface area contributed by atoms with E-state index in [2.05, 4.69) is 294 Å². The summed E-state index contributed by atoms with van der Waals surface area (Å²) in [5.74, 6) is 0.270. The van der Waals surface area contributed by atoms with Gasteiger partial charge in [0.1, 0.15) is 0 Å². The van der Waals surface area contributed by atoms with E-state index in [1.165, 1.54) is 11.1 Å². The Morgan fingerprint density at radius 3 is 1.21 bits per heavy atom. The third kappa shape index (κ3) is 7.96. The maximum atomic E-state index is 12.2. The fourth-order valence-corrected chi connectivity index (χ4v) is 13.2. The van der Waals surface area contributed by atoms with E-state index in [0.29, 0.717) is 22.3 Å². The number of nitrogens with zero attached hydrogens (tertiary/aromatic N) is 6. The van der Waals surface area contributed by atoms with E-state index in [1.54, 1.807) is 0 Å². The molecule has 0 unspecified atom stereocenters. The minimum atomic E-state index is -0.379. The van der Waals surface area contributed by atoms with Crippen LogP contribution in [0.2, 0.25) is 0 Å². The molecule has 0 saturated heterocycles. The van der Waals surface area contributed by atoms with Gasteiger partial charge in [0, 0.05) is 50.1 Å². The molecule has 12 rings (SSSR count). The summed E-state index contributed by atoms with van der Waals surface area (Å²) in [6, 6.07) is 74.7. The molecule has 3 aliphatic heterocycles. The average Bonchev–Trinajstić information content (AvgIpc) is 3.57. The summed E-state index contributed by atoms with van der Waals surface area (Å²) in [6.07, 6.45) is 5.05. The number of nitriles is 2. The van der Waals surface area contributed by atoms with Gasteiger partial charge in [0.2, 0.25) is 0 Å². The molecule has 9 aromatic carbocycles. The molecule has 0 amide bonds. The van der Waals surface area contributed by atoms with Crippen molar-refractivity contribution in [3.05, 3.63) is 269 Å². The number of benzene rings is 9. The van der Waals surface area contributed by atoms with E-state index in [-0.39, 0.29) is 22.2 Å². The minimum Gasteiger partial charge on any atom is -0.311 e. The third-order valence-electron chi connectivity index (χ3n) is 17.2. The summed E-state index contributed by atoms with van der Waals surface area (Å²) in [6.45, 7) is 25.1. The van der Waals surface area contributed by atoms with E-state index < -0.39 is 0 Å². The first-order valence-corrected chi connectivity index (χ1v) is 28.0. The quantitative estimate of drug-likeness (QED) is 0.127. The van der Waals surface area contributed by atoms with Crippen molar-refractivity contribution in [3.63, 3.8) is 0 Å². The molecule has 0 saturated carbocycles. The third-order valence-corrected chi connectivity index (χ3v) is 17.2. The number of para-hydroxylation sites is 7. The number of hydrogen-bond donors (Lipinski definition) is 0. The van der Waals surface area contributed by atoms with Crippen molar-refractivity contribution in [1.29, 1.82) is 10.5 Å². The maximum absolute atomic E-state index is 12.2.